The second-order valence-electron chi connectivity index (χ2n) is 4.88. The van der Waals surface area contributed by atoms with Crippen LogP contribution in [0.4, 0.5) is 18.9 Å². The number of carbonyl (C=O) groups excluding carboxylic acids is 1. The van der Waals surface area contributed by atoms with Crippen LogP contribution in [0.2, 0.25) is 0 Å². The van der Waals surface area contributed by atoms with Crippen molar-refractivity contribution in [1.82, 2.24) is 0 Å². The van der Waals surface area contributed by atoms with E-state index >= 15 is 0 Å². The lowest BCUT2D eigenvalue weighted by Gasteiger charge is -2.36. The van der Waals surface area contributed by atoms with Crippen LogP contribution in [0.25, 0.3) is 0 Å². The molecule has 0 atom stereocenters. The molecule has 0 spiro atoms. The number of rotatable bonds is 3. The van der Waals surface area contributed by atoms with E-state index in [1.807, 2.05) is 0 Å². The SMILES string of the molecule is O=C(O)C1(C(=O)Nc2ccc(Br)cc2C(F)(F)F)CCC1. The van der Waals surface area contributed by atoms with Crippen molar-refractivity contribution in [1.29, 1.82) is 0 Å². The lowest BCUT2D eigenvalue weighted by atomic mass is 9.68. The highest BCUT2D eigenvalue weighted by Crippen LogP contribution is 2.43. The molecule has 0 radical (unpaired) electrons. The Kier molecular flexibility index (Phi) is 4.01. The highest BCUT2D eigenvalue weighted by molar-refractivity contribution is 9.10. The van der Waals surface area contributed by atoms with Gasteiger partial charge in [-0.15, -0.1) is 0 Å². The molecule has 8 heteroatoms. The molecule has 1 fully saturated rings. The molecule has 1 saturated carbocycles. The zero-order chi connectivity index (χ0) is 15.8. The molecule has 21 heavy (non-hydrogen) atoms. The van der Waals surface area contributed by atoms with Gasteiger partial charge >= 0.3 is 12.1 Å². The summed E-state index contributed by atoms with van der Waals surface area (Å²) in [7, 11) is 0. The molecule has 0 aliphatic heterocycles. The molecule has 2 rings (SSSR count). The van der Waals surface area contributed by atoms with Crippen molar-refractivity contribution in [2.75, 3.05) is 5.32 Å². The van der Waals surface area contributed by atoms with Crippen molar-refractivity contribution in [2.24, 2.45) is 5.41 Å². The van der Waals surface area contributed by atoms with Crippen LogP contribution in [-0.4, -0.2) is 17.0 Å². The molecule has 1 aliphatic rings. The Bertz CT molecular complexity index is 597. The molecule has 0 aromatic heterocycles. The van der Waals surface area contributed by atoms with E-state index in [9.17, 15) is 22.8 Å². The van der Waals surface area contributed by atoms with E-state index in [4.69, 9.17) is 5.11 Å². The smallest absolute Gasteiger partial charge is 0.418 e. The Balaban J connectivity index is 2.32. The lowest BCUT2D eigenvalue weighted by molar-refractivity contribution is -0.159. The van der Waals surface area contributed by atoms with Gasteiger partial charge in [-0.1, -0.05) is 22.4 Å². The number of benzene rings is 1. The van der Waals surface area contributed by atoms with Crippen molar-refractivity contribution in [3.8, 4) is 0 Å². The monoisotopic (exact) mass is 365 g/mol. The summed E-state index contributed by atoms with van der Waals surface area (Å²) in [6.07, 6.45) is -3.83. The summed E-state index contributed by atoms with van der Waals surface area (Å²) in [6, 6.07) is 3.28. The molecule has 1 aromatic rings. The molecular formula is C13H11BrF3NO3. The number of aliphatic carboxylic acids is 1. The van der Waals surface area contributed by atoms with Gasteiger partial charge in [0.05, 0.1) is 11.3 Å². The van der Waals surface area contributed by atoms with Gasteiger partial charge in [-0.3, -0.25) is 9.59 Å². The maximum atomic E-state index is 12.9. The minimum absolute atomic E-state index is 0.131. The van der Waals surface area contributed by atoms with E-state index in [-0.39, 0.29) is 17.3 Å². The summed E-state index contributed by atoms with van der Waals surface area (Å²) in [5.41, 5.74) is -3.08. The van der Waals surface area contributed by atoms with Crippen LogP contribution in [-0.2, 0) is 15.8 Å². The average molecular weight is 366 g/mol. The second-order valence-corrected chi connectivity index (χ2v) is 5.80. The molecule has 0 bridgehead atoms. The van der Waals surface area contributed by atoms with Crippen molar-refractivity contribution < 1.29 is 27.9 Å². The van der Waals surface area contributed by atoms with Gasteiger partial charge in [-0.25, -0.2) is 0 Å². The molecule has 114 valence electrons. The van der Waals surface area contributed by atoms with E-state index in [1.54, 1.807) is 0 Å². The van der Waals surface area contributed by atoms with Crippen molar-refractivity contribution in [2.45, 2.75) is 25.4 Å². The number of halogens is 4. The number of alkyl halides is 3. The van der Waals surface area contributed by atoms with Gasteiger partial charge in [0, 0.05) is 4.47 Å². The molecule has 1 aliphatic carbocycles. The Morgan fingerprint density at radius 1 is 1.29 bits per heavy atom. The van der Waals surface area contributed by atoms with Crippen LogP contribution < -0.4 is 5.32 Å². The summed E-state index contributed by atoms with van der Waals surface area (Å²) >= 11 is 2.94. The first kappa shape index (κ1) is 15.8. The fourth-order valence-corrected chi connectivity index (χ4v) is 2.53. The molecule has 4 nitrogen and oxygen atoms in total. The minimum Gasteiger partial charge on any atom is -0.480 e. The molecule has 0 unspecified atom stereocenters. The standard InChI is InChI=1S/C13H11BrF3NO3/c14-7-2-3-9(8(6-7)13(15,16)17)18-10(19)12(11(20)21)4-1-5-12/h2-3,6H,1,4-5H2,(H,18,19)(H,20,21). The van der Waals surface area contributed by atoms with Gasteiger partial charge in [-0.2, -0.15) is 13.2 Å². The third kappa shape index (κ3) is 2.90. The topological polar surface area (TPSA) is 66.4 Å². The predicted octanol–water partition coefficient (Wildman–Crippen LogP) is 3.66. The number of anilines is 1. The fraction of sp³-hybridized carbons (Fsp3) is 0.385. The molecule has 1 aromatic carbocycles. The predicted molar refractivity (Wildman–Crippen MR) is 71.7 cm³/mol. The summed E-state index contributed by atoms with van der Waals surface area (Å²) in [5.74, 6) is -2.22. The minimum atomic E-state index is -4.65. The summed E-state index contributed by atoms with van der Waals surface area (Å²) < 4.78 is 39.0. The molecule has 2 N–H and O–H groups in total. The normalized spacial score (nSPS) is 17.0. The van der Waals surface area contributed by atoms with Crippen LogP contribution in [0.1, 0.15) is 24.8 Å². The Morgan fingerprint density at radius 2 is 1.90 bits per heavy atom. The van der Waals surface area contributed by atoms with Crippen LogP contribution >= 0.6 is 15.9 Å². The number of carboxylic acids is 1. The Labute approximate surface area is 126 Å². The number of carbonyl (C=O) groups is 2. The number of amides is 1. The van der Waals surface area contributed by atoms with Gasteiger partial charge in [0.1, 0.15) is 5.41 Å². The first-order valence-corrected chi connectivity index (χ1v) is 6.88. The second kappa shape index (κ2) is 5.32. The lowest BCUT2D eigenvalue weighted by Crippen LogP contribution is -2.48. The first-order chi connectivity index (χ1) is 9.67. The maximum Gasteiger partial charge on any atom is 0.418 e. The van der Waals surface area contributed by atoms with Crippen LogP contribution in [0.15, 0.2) is 22.7 Å². The molecular weight excluding hydrogens is 355 g/mol. The van der Waals surface area contributed by atoms with Gasteiger partial charge < -0.3 is 10.4 Å². The number of nitrogens with one attached hydrogen (secondary N) is 1. The third-order valence-corrected chi connectivity index (χ3v) is 4.08. The fourth-order valence-electron chi connectivity index (χ4n) is 2.17. The van der Waals surface area contributed by atoms with E-state index in [0.29, 0.717) is 6.42 Å². The van der Waals surface area contributed by atoms with Crippen molar-refractivity contribution >= 4 is 33.5 Å². The van der Waals surface area contributed by atoms with Crippen LogP contribution in [0.5, 0.6) is 0 Å². The highest BCUT2D eigenvalue weighted by atomic mass is 79.9. The average Bonchev–Trinajstić information content (AvgIpc) is 2.28. The Hall–Kier alpha value is -1.57. The van der Waals surface area contributed by atoms with Crippen LogP contribution in [0.3, 0.4) is 0 Å². The van der Waals surface area contributed by atoms with Crippen molar-refractivity contribution in [3.05, 3.63) is 28.2 Å². The first-order valence-electron chi connectivity index (χ1n) is 6.08. The number of hydrogen-bond donors (Lipinski definition) is 2. The number of hydrogen-bond acceptors (Lipinski definition) is 2. The molecule has 0 saturated heterocycles. The molecule has 1 amide bonds. The van der Waals surface area contributed by atoms with Gasteiger partial charge in [0.25, 0.3) is 0 Å². The van der Waals surface area contributed by atoms with Gasteiger partial charge in [0.2, 0.25) is 5.91 Å². The van der Waals surface area contributed by atoms with Crippen LogP contribution in [0, 0.1) is 5.41 Å². The highest BCUT2D eigenvalue weighted by Gasteiger charge is 2.51. The zero-order valence-electron chi connectivity index (χ0n) is 10.6. The van der Waals surface area contributed by atoms with E-state index in [1.165, 1.54) is 6.07 Å². The number of carboxylic acid groups (broad SMARTS) is 1. The van der Waals surface area contributed by atoms with Gasteiger partial charge in [0.15, 0.2) is 0 Å². The quantitative estimate of drug-likeness (QED) is 0.803. The Morgan fingerprint density at radius 3 is 2.33 bits per heavy atom. The third-order valence-electron chi connectivity index (χ3n) is 3.59. The summed E-state index contributed by atoms with van der Waals surface area (Å²) in [4.78, 5) is 23.2. The van der Waals surface area contributed by atoms with Gasteiger partial charge in [-0.05, 0) is 31.0 Å². The summed E-state index contributed by atoms with van der Waals surface area (Å²) in [6.45, 7) is 0. The van der Waals surface area contributed by atoms with E-state index in [2.05, 4.69) is 21.2 Å². The largest absolute Gasteiger partial charge is 0.480 e. The molecule has 0 heterocycles. The van der Waals surface area contributed by atoms with E-state index in [0.717, 1.165) is 12.1 Å². The zero-order valence-corrected chi connectivity index (χ0v) is 12.2. The maximum absolute atomic E-state index is 12.9. The summed E-state index contributed by atoms with van der Waals surface area (Å²) in [5, 5.41) is 11.2. The van der Waals surface area contributed by atoms with Crippen molar-refractivity contribution in [3.63, 3.8) is 0 Å². The van der Waals surface area contributed by atoms with E-state index < -0.39 is 34.7 Å².